The van der Waals surface area contributed by atoms with Gasteiger partial charge in [0.25, 0.3) is 0 Å². The second kappa shape index (κ2) is 13.5. The SMILES string of the molecule is COCCOc1ccc(COC(=O)NS(=O)(=O)N(C)C2CCCCC2)c(Oc2ncc(C(F)(F)F)cc2Cl)c1. The van der Waals surface area contributed by atoms with E-state index in [1.807, 2.05) is 4.72 Å². The first-order valence-electron chi connectivity index (χ1n) is 12.0. The zero-order valence-corrected chi connectivity index (χ0v) is 22.9. The third kappa shape index (κ3) is 8.85. The van der Waals surface area contributed by atoms with Gasteiger partial charge >= 0.3 is 22.5 Å². The number of aromatic nitrogens is 1. The number of nitrogens with one attached hydrogen (secondary N) is 1. The number of amides is 1. The topological polar surface area (TPSA) is 116 Å². The van der Waals surface area contributed by atoms with E-state index in [1.165, 1.54) is 32.4 Å². The van der Waals surface area contributed by atoms with E-state index in [-0.39, 0.29) is 36.4 Å². The second-order valence-electron chi connectivity index (χ2n) is 8.71. The summed E-state index contributed by atoms with van der Waals surface area (Å²) in [5.41, 5.74) is -0.823. The highest BCUT2D eigenvalue weighted by Gasteiger charge is 2.32. The highest BCUT2D eigenvalue weighted by atomic mass is 35.5. The number of carbonyl (C=O) groups is 1. The van der Waals surface area contributed by atoms with Gasteiger partial charge in [-0.25, -0.2) is 14.5 Å². The Labute approximate surface area is 229 Å². The van der Waals surface area contributed by atoms with Crippen molar-refractivity contribution in [2.24, 2.45) is 0 Å². The molecule has 1 fully saturated rings. The van der Waals surface area contributed by atoms with E-state index in [4.69, 9.17) is 30.5 Å². The largest absolute Gasteiger partial charge is 0.491 e. The van der Waals surface area contributed by atoms with Crippen LogP contribution in [0.5, 0.6) is 17.4 Å². The van der Waals surface area contributed by atoms with Crippen LogP contribution in [0.2, 0.25) is 5.02 Å². The minimum absolute atomic E-state index is 0.00839. The Hall–Kier alpha value is -2.81. The molecule has 1 saturated carbocycles. The number of alkyl halides is 3. The Bertz CT molecular complexity index is 1240. The minimum atomic E-state index is -4.65. The van der Waals surface area contributed by atoms with Gasteiger partial charge in [0.2, 0.25) is 5.88 Å². The lowest BCUT2D eigenvalue weighted by atomic mass is 9.96. The maximum absolute atomic E-state index is 13.0. The molecule has 1 amide bonds. The van der Waals surface area contributed by atoms with Crippen LogP contribution in [0.1, 0.15) is 43.2 Å². The molecule has 1 aliphatic rings. The average Bonchev–Trinajstić information content (AvgIpc) is 2.88. The van der Waals surface area contributed by atoms with Crippen LogP contribution in [0.25, 0.3) is 0 Å². The van der Waals surface area contributed by atoms with Gasteiger partial charge in [0.1, 0.15) is 29.7 Å². The molecule has 2 aromatic rings. The number of nitrogens with zero attached hydrogens (tertiary/aromatic N) is 2. The van der Waals surface area contributed by atoms with Crippen molar-refractivity contribution in [1.29, 1.82) is 0 Å². The van der Waals surface area contributed by atoms with Gasteiger partial charge in [-0.3, -0.25) is 0 Å². The van der Waals surface area contributed by atoms with Crippen LogP contribution in [0.3, 0.4) is 0 Å². The maximum Gasteiger partial charge on any atom is 0.422 e. The van der Waals surface area contributed by atoms with Crippen molar-refractivity contribution in [3.8, 4) is 17.4 Å². The molecule has 0 atom stereocenters. The van der Waals surface area contributed by atoms with Gasteiger partial charge in [0.15, 0.2) is 0 Å². The van der Waals surface area contributed by atoms with E-state index >= 15 is 0 Å². The number of hydrogen-bond acceptors (Lipinski definition) is 8. The normalized spacial score (nSPS) is 14.7. The molecule has 1 aromatic carbocycles. The predicted octanol–water partition coefficient (Wildman–Crippen LogP) is 5.31. The molecule has 0 radical (unpaired) electrons. The van der Waals surface area contributed by atoms with E-state index in [9.17, 15) is 26.4 Å². The molecule has 39 heavy (non-hydrogen) atoms. The fourth-order valence-electron chi connectivity index (χ4n) is 3.83. The standard InChI is InChI=1S/C24H29ClF3N3O7S/c1-31(18-6-4-3-5-7-18)39(33,34)30-23(32)37-15-16-8-9-19(36-11-10-35-2)13-21(16)38-22-20(25)12-17(14-29-22)24(26,27)28/h8-9,12-14,18H,3-7,10-11,15H2,1-2H3,(H,30,32). The molecular weight excluding hydrogens is 567 g/mol. The van der Waals surface area contributed by atoms with Gasteiger partial charge in [-0.15, -0.1) is 0 Å². The van der Waals surface area contributed by atoms with Crippen LogP contribution in [-0.2, 0) is 32.5 Å². The summed E-state index contributed by atoms with van der Waals surface area (Å²) in [7, 11) is -1.24. The van der Waals surface area contributed by atoms with Crippen LogP contribution in [0.4, 0.5) is 18.0 Å². The molecular formula is C24H29ClF3N3O7S. The molecule has 1 aromatic heterocycles. The van der Waals surface area contributed by atoms with Crippen LogP contribution < -0.4 is 14.2 Å². The van der Waals surface area contributed by atoms with Crippen LogP contribution >= 0.6 is 11.6 Å². The van der Waals surface area contributed by atoms with Crippen molar-refractivity contribution in [3.05, 3.63) is 46.6 Å². The summed E-state index contributed by atoms with van der Waals surface area (Å²) in [6, 6.07) is 4.87. The Morgan fingerprint density at radius 2 is 1.90 bits per heavy atom. The van der Waals surface area contributed by atoms with Gasteiger partial charge in [-0.1, -0.05) is 30.9 Å². The maximum atomic E-state index is 13.0. The number of rotatable bonds is 11. The third-order valence-electron chi connectivity index (χ3n) is 5.98. The smallest absolute Gasteiger partial charge is 0.422 e. The summed E-state index contributed by atoms with van der Waals surface area (Å²) in [6.07, 6.45) is -1.05. The monoisotopic (exact) mass is 595 g/mol. The molecule has 3 rings (SSSR count). The van der Waals surface area contributed by atoms with E-state index in [0.717, 1.165) is 23.6 Å². The van der Waals surface area contributed by atoms with Crippen molar-refractivity contribution in [2.75, 3.05) is 27.4 Å². The third-order valence-corrected chi connectivity index (χ3v) is 7.73. The molecule has 10 nitrogen and oxygen atoms in total. The summed E-state index contributed by atoms with van der Waals surface area (Å²) >= 11 is 5.97. The first-order chi connectivity index (χ1) is 18.4. The van der Waals surface area contributed by atoms with Gasteiger partial charge in [0.05, 0.1) is 12.2 Å². The molecule has 0 bridgehead atoms. The zero-order valence-electron chi connectivity index (χ0n) is 21.3. The number of pyridine rings is 1. The summed E-state index contributed by atoms with van der Waals surface area (Å²) in [6.45, 7) is 0.0393. The Morgan fingerprint density at radius 1 is 1.18 bits per heavy atom. The highest BCUT2D eigenvalue weighted by Crippen LogP contribution is 2.36. The summed E-state index contributed by atoms with van der Waals surface area (Å²) < 4.78 is 88.4. The molecule has 1 N–H and O–H groups in total. The molecule has 0 spiro atoms. The average molecular weight is 596 g/mol. The molecule has 216 valence electrons. The van der Waals surface area contributed by atoms with Crippen molar-refractivity contribution >= 4 is 27.9 Å². The summed E-state index contributed by atoms with van der Waals surface area (Å²) in [5, 5.41) is -0.406. The van der Waals surface area contributed by atoms with E-state index in [0.29, 0.717) is 30.9 Å². The van der Waals surface area contributed by atoms with Gasteiger partial charge < -0.3 is 18.9 Å². The second-order valence-corrected chi connectivity index (χ2v) is 10.9. The van der Waals surface area contributed by atoms with Crippen molar-refractivity contribution in [2.45, 2.75) is 50.9 Å². The quantitative estimate of drug-likeness (QED) is 0.348. The van der Waals surface area contributed by atoms with Gasteiger partial charge in [0, 0.05) is 38.0 Å². The highest BCUT2D eigenvalue weighted by molar-refractivity contribution is 7.87. The number of halogens is 4. The minimum Gasteiger partial charge on any atom is -0.491 e. The van der Waals surface area contributed by atoms with Crippen molar-refractivity contribution in [3.63, 3.8) is 0 Å². The molecule has 1 heterocycles. The summed E-state index contributed by atoms with van der Waals surface area (Å²) in [5.74, 6) is -0.00915. The molecule has 0 unspecified atom stereocenters. The fourth-order valence-corrected chi connectivity index (χ4v) is 5.05. The number of carbonyl (C=O) groups excluding carboxylic acids is 1. The predicted molar refractivity (Wildman–Crippen MR) is 135 cm³/mol. The first kappa shape index (κ1) is 30.7. The number of ether oxygens (including phenoxy) is 4. The Morgan fingerprint density at radius 3 is 2.54 bits per heavy atom. The van der Waals surface area contributed by atoms with Gasteiger partial charge in [-0.05, 0) is 31.0 Å². The lowest BCUT2D eigenvalue weighted by Gasteiger charge is -2.29. The Kier molecular flexibility index (Phi) is 10.6. The van der Waals surface area contributed by atoms with Crippen molar-refractivity contribution < 1.29 is 45.3 Å². The molecule has 1 aliphatic carbocycles. The Balaban J connectivity index is 1.74. The number of hydrogen-bond donors (Lipinski definition) is 1. The van der Waals surface area contributed by atoms with Crippen LogP contribution in [-0.4, -0.2) is 57.2 Å². The lowest BCUT2D eigenvalue weighted by molar-refractivity contribution is -0.137. The zero-order chi connectivity index (χ0) is 28.6. The molecule has 0 saturated heterocycles. The van der Waals surface area contributed by atoms with E-state index in [1.54, 1.807) is 0 Å². The van der Waals surface area contributed by atoms with Crippen LogP contribution in [0.15, 0.2) is 30.5 Å². The lowest BCUT2D eigenvalue weighted by Crippen LogP contribution is -2.46. The van der Waals surface area contributed by atoms with E-state index < -0.39 is 39.7 Å². The summed E-state index contributed by atoms with van der Waals surface area (Å²) in [4.78, 5) is 16.0. The number of methoxy groups -OCH3 is 1. The van der Waals surface area contributed by atoms with Gasteiger partial charge in [-0.2, -0.15) is 25.9 Å². The first-order valence-corrected chi connectivity index (χ1v) is 13.8. The van der Waals surface area contributed by atoms with E-state index in [2.05, 4.69) is 4.98 Å². The van der Waals surface area contributed by atoms with Crippen LogP contribution in [0, 0.1) is 0 Å². The molecule has 15 heteroatoms. The fraction of sp³-hybridized carbons (Fsp3) is 0.500. The number of benzene rings is 1. The van der Waals surface area contributed by atoms with Crippen molar-refractivity contribution in [1.82, 2.24) is 14.0 Å². The molecule has 0 aliphatic heterocycles.